The van der Waals surface area contributed by atoms with Crippen LogP contribution in [0.5, 0.6) is 5.75 Å². The molecular weight excluding hydrogens is 216 g/mol. The average molecular weight is 232 g/mol. The van der Waals surface area contributed by atoms with Crippen molar-refractivity contribution in [2.75, 3.05) is 6.61 Å². The first kappa shape index (κ1) is 13.1. The van der Waals surface area contributed by atoms with Gasteiger partial charge >= 0.3 is 5.97 Å². The lowest BCUT2D eigenvalue weighted by molar-refractivity contribution is 0.0692. The zero-order chi connectivity index (χ0) is 13.1. The molecule has 0 heterocycles. The van der Waals surface area contributed by atoms with Gasteiger partial charge in [-0.15, -0.1) is 6.42 Å². The largest absolute Gasteiger partial charge is 0.480 e. The van der Waals surface area contributed by atoms with Gasteiger partial charge < -0.3 is 9.84 Å². The monoisotopic (exact) mass is 232 g/mol. The Morgan fingerprint density at radius 1 is 1.47 bits per heavy atom. The van der Waals surface area contributed by atoms with Crippen LogP contribution in [0.25, 0.3) is 0 Å². The van der Waals surface area contributed by atoms with Crippen LogP contribution in [-0.4, -0.2) is 17.7 Å². The van der Waals surface area contributed by atoms with Crippen LogP contribution in [0, 0.1) is 12.3 Å². The highest BCUT2D eigenvalue weighted by Gasteiger charge is 2.18. The molecule has 0 saturated heterocycles. The number of terminal acetylenes is 1. The van der Waals surface area contributed by atoms with Gasteiger partial charge in [-0.1, -0.05) is 32.8 Å². The van der Waals surface area contributed by atoms with Gasteiger partial charge in [0.25, 0.3) is 0 Å². The zero-order valence-electron chi connectivity index (χ0n) is 10.3. The summed E-state index contributed by atoms with van der Waals surface area (Å²) >= 11 is 0. The molecule has 90 valence electrons. The van der Waals surface area contributed by atoms with E-state index in [9.17, 15) is 4.79 Å². The molecule has 17 heavy (non-hydrogen) atoms. The summed E-state index contributed by atoms with van der Waals surface area (Å²) in [5, 5.41) is 9.12. The van der Waals surface area contributed by atoms with Gasteiger partial charge in [-0.25, -0.2) is 4.79 Å². The number of benzene rings is 1. The third kappa shape index (κ3) is 3.25. The lowest BCUT2D eigenvalue weighted by Gasteiger charge is -2.20. The van der Waals surface area contributed by atoms with E-state index in [0.717, 1.165) is 5.56 Å². The highest BCUT2D eigenvalue weighted by Crippen LogP contribution is 2.28. The number of aromatic carboxylic acids is 1. The summed E-state index contributed by atoms with van der Waals surface area (Å²) in [5.41, 5.74) is 0.991. The van der Waals surface area contributed by atoms with E-state index in [1.807, 2.05) is 26.8 Å². The molecule has 0 saturated carbocycles. The third-order valence-electron chi connectivity index (χ3n) is 2.39. The van der Waals surface area contributed by atoms with Gasteiger partial charge in [-0.3, -0.25) is 0 Å². The molecule has 0 aliphatic carbocycles. The second-order valence-electron chi connectivity index (χ2n) is 4.76. The molecular formula is C14H16O3. The van der Waals surface area contributed by atoms with Crippen molar-refractivity contribution in [2.45, 2.75) is 26.2 Å². The molecule has 1 N–H and O–H groups in total. The predicted octanol–water partition coefficient (Wildman–Crippen LogP) is 2.69. The van der Waals surface area contributed by atoms with Crippen molar-refractivity contribution in [3.63, 3.8) is 0 Å². The molecule has 0 fully saturated rings. The fraction of sp³-hybridized carbons (Fsp3) is 0.357. The van der Waals surface area contributed by atoms with E-state index in [1.165, 1.54) is 0 Å². The molecule has 3 heteroatoms. The minimum atomic E-state index is -1.01. The van der Waals surface area contributed by atoms with Gasteiger partial charge in [-0.2, -0.15) is 0 Å². The molecule has 0 aliphatic rings. The number of carbonyl (C=O) groups is 1. The van der Waals surface area contributed by atoms with E-state index in [0.29, 0.717) is 5.75 Å². The quantitative estimate of drug-likeness (QED) is 0.815. The maximum Gasteiger partial charge on any atom is 0.339 e. The Labute approximate surface area is 101 Å². The topological polar surface area (TPSA) is 46.5 Å². The van der Waals surface area contributed by atoms with E-state index in [-0.39, 0.29) is 17.6 Å². The number of carboxylic acids is 1. The van der Waals surface area contributed by atoms with Crippen LogP contribution in [0.15, 0.2) is 18.2 Å². The molecule has 1 aromatic carbocycles. The van der Waals surface area contributed by atoms with Crippen molar-refractivity contribution < 1.29 is 14.6 Å². The molecule has 0 bridgehead atoms. The van der Waals surface area contributed by atoms with Crippen LogP contribution in [-0.2, 0) is 5.41 Å². The molecule has 0 amide bonds. The molecule has 3 nitrogen and oxygen atoms in total. The van der Waals surface area contributed by atoms with Crippen molar-refractivity contribution in [1.29, 1.82) is 0 Å². The van der Waals surface area contributed by atoms with Crippen molar-refractivity contribution >= 4 is 5.97 Å². The molecule has 0 unspecified atom stereocenters. The zero-order valence-corrected chi connectivity index (χ0v) is 10.3. The van der Waals surface area contributed by atoms with E-state index in [4.69, 9.17) is 16.3 Å². The van der Waals surface area contributed by atoms with E-state index >= 15 is 0 Å². The number of rotatable bonds is 3. The summed E-state index contributed by atoms with van der Waals surface area (Å²) in [6, 6.07) is 5.15. The third-order valence-corrected chi connectivity index (χ3v) is 2.39. The maximum absolute atomic E-state index is 11.1. The van der Waals surface area contributed by atoms with Crippen LogP contribution >= 0.6 is 0 Å². The molecule has 0 atom stereocenters. The minimum Gasteiger partial charge on any atom is -0.480 e. The van der Waals surface area contributed by atoms with Gasteiger partial charge in [0.15, 0.2) is 0 Å². The Balaban J connectivity index is 3.18. The van der Waals surface area contributed by atoms with Crippen molar-refractivity contribution in [1.82, 2.24) is 0 Å². The summed E-state index contributed by atoms with van der Waals surface area (Å²) < 4.78 is 5.20. The van der Waals surface area contributed by atoms with Crippen LogP contribution in [0.3, 0.4) is 0 Å². The highest BCUT2D eigenvalue weighted by molar-refractivity contribution is 5.91. The van der Waals surface area contributed by atoms with Gasteiger partial charge in [0.1, 0.15) is 17.9 Å². The minimum absolute atomic E-state index is 0.0646. The van der Waals surface area contributed by atoms with E-state index in [1.54, 1.807) is 12.1 Å². The second-order valence-corrected chi connectivity index (χ2v) is 4.76. The maximum atomic E-state index is 11.1. The Morgan fingerprint density at radius 2 is 2.12 bits per heavy atom. The highest BCUT2D eigenvalue weighted by atomic mass is 16.5. The van der Waals surface area contributed by atoms with Crippen molar-refractivity contribution in [3.05, 3.63) is 29.3 Å². The molecule has 1 aromatic rings. The summed E-state index contributed by atoms with van der Waals surface area (Å²) in [5.74, 6) is 1.61. The summed E-state index contributed by atoms with van der Waals surface area (Å²) in [7, 11) is 0. The van der Waals surface area contributed by atoms with Gasteiger partial charge in [-0.05, 0) is 23.1 Å². The number of ether oxygens (including phenoxy) is 1. The standard InChI is InChI=1S/C14H16O3/c1-5-8-17-12-7-6-10(14(2,3)4)9-11(12)13(15)16/h1,6-7,9H,8H2,2-4H3,(H,15,16). The lowest BCUT2D eigenvalue weighted by Crippen LogP contribution is -2.13. The fourth-order valence-electron chi connectivity index (χ4n) is 1.41. The van der Waals surface area contributed by atoms with Gasteiger partial charge in [0.05, 0.1) is 0 Å². The predicted molar refractivity (Wildman–Crippen MR) is 66.4 cm³/mol. The summed E-state index contributed by atoms with van der Waals surface area (Å²) in [6.45, 7) is 6.14. The SMILES string of the molecule is C#CCOc1ccc(C(C)(C)C)cc1C(=O)O. The Kier molecular flexibility index (Phi) is 3.80. The van der Waals surface area contributed by atoms with Crippen LogP contribution < -0.4 is 4.74 Å². The van der Waals surface area contributed by atoms with Gasteiger partial charge in [0, 0.05) is 0 Å². The molecule has 0 aliphatic heterocycles. The van der Waals surface area contributed by atoms with Crippen molar-refractivity contribution in [3.8, 4) is 18.1 Å². The summed E-state index contributed by atoms with van der Waals surface area (Å²) in [4.78, 5) is 11.1. The fourth-order valence-corrected chi connectivity index (χ4v) is 1.41. The van der Waals surface area contributed by atoms with E-state index in [2.05, 4.69) is 5.92 Å². The first-order chi connectivity index (χ1) is 7.86. The van der Waals surface area contributed by atoms with Gasteiger partial charge in [0.2, 0.25) is 0 Å². The Bertz CT molecular complexity index is 461. The first-order valence-corrected chi connectivity index (χ1v) is 5.30. The van der Waals surface area contributed by atoms with E-state index < -0.39 is 5.97 Å². The van der Waals surface area contributed by atoms with Crippen LogP contribution in [0.2, 0.25) is 0 Å². The average Bonchev–Trinajstić information content (AvgIpc) is 2.24. The van der Waals surface area contributed by atoms with Crippen molar-refractivity contribution in [2.24, 2.45) is 0 Å². The smallest absolute Gasteiger partial charge is 0.339 e. The Hall–Kier alpha value is -1.95. The first-order valence-electron chi connectivity index (χ1n) is 5.30. The molecule has 0 aromatic heterocycles. The number of hydrogen-bond acceptors (Lipinski definition) is 2. The molecule has 1 rings (SSSR count). The van der Waals surface area contributed by atoms with Crippen LogP contribution in [0.4, 0.5) is 0 Å². The number of hydrogen-bond donors (Lipinski definition) is 1. The second kappa shape index (κ2) is 4.92. The number of carboxylic acid groups (broad SMARTS) is 1. The normalized spacial score (nSPS) is 10.7. The lowest BCUT2D eigenvalue weighted by atomic mass is 9.86. The summed E-state index contributed by atoms with van der Waals surface area (Å²) in [6.07, 6.45) is 5.08. The Morgan fingerprint density at radius 3 is 2.59 bits per heavy atom. The molecule has 0 radical (unpaired) electrons. The molecule has 0 spiro atoms. The van der Waals surface area contributed by atoms with Crippen LogP contribution in [0.1, 0.15) is 36.7 Å².